The zero-order valence-corrected chi connectivity index (χ0v) is 16.1. The Kier molecular flexibility index (Phi) is 6.52. The van der Waals surface area contributed by atoms with Crippen molar-refractivity contribution in [3.63, 3.8) is 0 Å². The molecule has 2 rings (SSSR count). The van der Waals surface area contributed by atoms with E-state index in [0.29, 0.717) is 12.1 Å². The number of hydrogen-bond acceptors (Lipinski definition) is 3. The summed E-state index contributed by atoms with van der Waals surface area (Å²) in [6, 6.07) is 14.9. The Bertz CT molecular complexity index is 784. The van der Waals surface area contributed by atoms with Gasteiger partial charge in [0, 0.05) is 26.2 Å². The zero-order chi connectivity index (χ0) is 19.3. The van der Waals surface area contributed by atoms with Crippen molar-refractivity contribution in [2.45, 2.75) is 19.5 Å². The second-order valence-corrected chi connectivity index (χ2v) is 6.84. The van der Waals surface area contributed by atoms with E-state index in [4.69, 9.17) is 0 Å². The quantitative estimate of drug-likeness (QED) is 0.869. The smallest absolute Gasteiger partial charge is 0.253 e. The van der Waals surface area contributed by atoms with Crippen molar-refractivity contribution in [1.82, 2.24) is 15.1 Å². The van der Waals surface area contributed by atoms with E-state index < -0.39 is 0 Å². The van der Waals surface area contributed by atoms with Gasteiger partial charge in [0.2, 0.25) is 5.91 Å². The normalized spacial score (nSPS) is 11.9. The van der Waals surface area contributed by atoms with Crippen LogP contribution in [0.1, 0.15) is 33.1 Å². The number of nitrogens with one attached hydrogen (secondary N) is 1. The molecule has 138 valence electrons. The Labute approximate surface area is 155 Å². The Morgan fingerprint density at radius 1 is 1.00 bits per heavy atom. The fourth-order valence-corrected chi connectivity index (χ4v) is 2.91. The van der Waals surface area contributed by atoms with E-state index in [1.54, 1.807) is 20.2 Å². The summed E-state index contributed by atoms with van der Waals surface area (Å²) in [5.74, 6) is -0.113. The number of rotatable bonds is 6. The molecular formula is C21H27N3O2. The maximum atomic E-state index is 12.8. The van der Waals surface area contributed by atoms with Gasteiger partial charge in [0.1, 0.15) is 6.04 Å². The number of benzene rings is 2. The largest absolute Gasteiger partial charge is 0.350 e. The van der Waals surface area contributed by atoms with Crippen LogP contribution in [0.15, 0.2) is 48.5 Å². The lowest BCUT2D eigenvalue weighted by atomic mass is 9.99. The fourth-order valence-electron chi connectivity index (χ4n) is 2.91. The number of carbonyl (C=O) groups excluding carboxylic acids is 2. The summed E-state index contributed by atoms with van der Waals surface area (Å²) < 4.78 is 0. The second-order valence-electron chi connectivity index (χ2n) is 6.84. The first-order valence-corrected chi connectivity index (χ1v) is 8.61. The van der Waals surface area contributed by atoms with Crippen molar-refractivity contribution in [2.75, 3.05) is 28.2 Å². The Balaban J connectivity index is 2.13. The molecule has 0 aliphatic rings. The summed E-state index contributed by atoms with van der Waals surface area (Å²) in [6.45, 7) is 2.39. The number of carbonyl (C=O) groups is 2. The number of nitrogens with zero attached hydrogens (tertiary/aromatic N) is 2. The highest BCUT2D eigenvalue weighted by Crippen LogP contribution is 2.22. The molecule has 0 heterocycles. The summed E-state index contributed by atoms with van der Waals surface area (Å²) in [6.07, 6.45) is 0. The molecule has 26 heavy (non-hydrogen) atoms. The monoisotopic (exact) mass is 353 g/mol. The predicted octanol–water partition coefficient (Wildman–Crippen LogP) is 2.62. The molecule has 0 aliphatic carbocycles. The van der Waals surface area contributed by atoms with E-state index >= 15 is 0 Å². The van der Waals surface area contributed by atoms with Crippen LogP contribution in [0.25, 0.3) is 0 Å². The lowest BCUT2D eigenvalue weighted by Crippen LogP contribution is -2.37. The van der Waals surface area contributed by atoms with Gasteiger partial charge in [0.25, 0.3) is 5.91 Å². The highest BCUT2D eigenvalue weighted by Gasteiger charge is 2.24. The maximum absolute atomic E-state index is 12.8. The first kappa shape index (κ1) is 19.7. The van der Waals surface area contributed by atoms with E-state index in [0.717, 1.165) is 16.7 Å². The third kappa shape index (κ3) is 4.70. The van der Waals surface area contributed by atoms with E-state index in [2.05, 4.69) is 5.32 Å². The standard InChI is InChI=1S/C21H27N3O2/c1-15-9-6-7-12-18(15)19(23(2)3)20(25)22-14-16-10-8-11-17(13-16)21(26)24(4)5/h6-13,19H,14H2,1-5H3,(H,22,25)/t19-/m0/s1. The van der Waals surface area contributed by atoms with Gasteiger partial charge in [0.05, 0.1) is 0 Å². The van der Waals surface area contributed by atoms with Crippen molar-refractivity contribution in [3.8, 4) is 0 Å². The number of hydrogen-bond donors (Lipinski definition) is 1. The van der Waals surface area contributed by atoms with Gasteiger partial charge < -0.3 is 10.2 Å². The molecule has 0 aromatic heterocycles. The highest BCUT2D eigenvalue weighted by molar-refractivity contribution is 5.94. The fraction of sp³-hybridized carbons (Fsp3) is 0.333. The Hall–Kier alpha value is -2.66. The molecule has 0 aliphatic heterocycles. The van der Waals surface area contributed by atoms with Gasteiger partial charge in [-0.2, -0.15) is 0 Å². The van der Waals surface area contributed by atoms with Gasteiger partial charge in [-0.25, -0.2) is 0 Å². The van der Waals surface area contributed by atoms with E-state index in [9.17, 15) is 9.59 Å². The molecule has 5 nitrogen and oxygen atoms in total. The van der Waals surface area contributed by atoms with Crippen LogP contribution in [0.2, 0.25) is 0 Å². The van der Waals surface area contributed by atoms with Crippen LogP contribution < -0.4 is 5.32 Å². The average Bonchev–Trinajstić information content (AvgIpc) is 2.61. The molecule has 2 aromatic carbocycles. The van der Waals surface area contributed by atoms with Crippen LogP contribution >= 0.6 is 0 Å². The predicted molar refractivity (Wildman–Crippen MR) is 104 cm³/mol. The van der Waals surface area contributed by atoms with Crippen LogP contribution in [0.3, 0.4) is 0 Å². The first-order valence-electron chi connectivity index (χ1n) is 8.61. The van der Waals surface area contributed by atoms with Gasteiger partial charge in [0.15, 0.2) is 0 Å². The summed E-state index contributed by atoms with van der Waals surface area (Å²) >= 11 is 0. The van der Waals surface area contributed by atoms with Crippen molar-refractivity contribution in [1.29, 1.82) is 0 Å². The van der Waals surface area contributed by atoms with E-state index in [-0.39, 0.29) is 17.9 Å². The van der Waals surface area contributed by atoms with Gasteiger partial charge in [-0.3, -0.25) is 14.5 Å². The van der Waals surface area contributed by atoms with Crippen LogP contribution in [-0.4, -0.2) is 49.8 Å². The summed E-state index contributed by atoms with van der Waals surface area (Å²) in [4.78, 5) is 28.3. The van der Waals surface area contributed by atoms with Crippen LogP contribution in [0.5, 0.6) is 0 Å². The van der Waals surface area contributed by atoms with Crippen LogP contribution in [0, 0.1) is 6.92 Å². The van der Waals surface area contributed by atoms with E-state index in [1.807, 2.05) is 68.4 Å². The molecule has 0 saturated carbocycles. The Morgan fingerprint density at radius 3 is 2.31 bits per heavy atom. The summed E-state index contributed by atoms with van der Waals surface area (Å²) in [7, 11) is 7.24. The minimum Gasteiger partial charge on any atom is -0.350 e. The van der Waals surface area contributed by atoms with Crippen LogP contribution in [0.4, 0.5) is 0 Å². The number of likely N-dealkylation sites (N-methyl/N-ethyl adjacent to an activating group) is 1. The molecule has 1 N–H and O–H groups in total. The van der Waals surface area contributed by atoms with Crippen LogP contribution in [-0.2, 0) is 11.3 Å². The molecule has 2 aromatic rings. The third-order valence-electron chi connectivity index (χ3n) is 4.29. The molecule has 0 radical (unpaired) electrons. The summed E-state index contributed by atoms with van der Waals surface area (Å²) in [5.41, 5.74) is 3.59. The Morgan fingerprint density at radius 2 is 1.69 bits per heavy atom. The minimum atomic E-state index is -0.359. The molecule has 0 unspecified atom stereocenters. The first-order chi connectivity index (χ1) is 12.3. The number of amides is 2. The van der Waals surface area contributed by atoms with Crippen molar-refractivity contribution in [2.24, 2.45) is 0 Å². The molecule has 2 amide bonds. The lowest BCUT2D eigenvalue weighted by Gasteiger charge is -2.25. The third-order valence-corrected chi connectivity index (χ3v) is 4.29. The van der Waals surface area contributed by atoms with Crippen molar-refractivity contribution in [3.05, 3.63) is 70.8 Å². The van der Waals surface area contributed by atoms with Gasteiger partial charge in [-0.1, -0.05) is 36.4 Å². The van der Waals surface area contributed by atoms with Crippen molar-refractivity contribution < 1.29 is 9.59 Å². The zero-order valence-electron chi connectivity index (χ0n) is 16.1. The average molecular weight is 353 g/mol. The summed E-state index contributed by atoms with van der Waals surface area (Å²) in [5, 5.41) is 3.00. The molecule has 5 heteroatoms. The second kappa shape index (κ2) is 8.63. The topological polar surface area (TPSA) is 52.7 Å². The SMILES string of the molecule is Cc1ccccc1[C@@H](C(=O)NCc1cccc(C(=O)N(C)C)c1)N(C)C. The van der Waals surface area contributed by atoms with Gasteiger partial charge >= 0.3 is 0 Å². The van der Waals surface area contributed by atoms with E-state index in [1.165, 1.54) is 4.90 Å². The maximum Gasteiger partial charge on any atom is 0.253 e. The minimum absolute atomic E-state index is 0.0516. The molecule has 0 bridgehead atoms. The molecular weight excluding hydrogens is 326 g/mol. The molecule has 0 spiro atoms. The molecule has 0 saturated heterocycles. The van der Waals surface area contributed by atoms with Crippen molar-refractivity contribution >= 4 is 11.8 Å². The lowest BCUT2D eigenvalue weighted by molar-refractivity contribution is -0.126. The number of aryl methyl sites for hydroxylation is 1. The van der Waals surface area contributed by atoms with Gasteiger partial charge in [-0.05, 0) is 49.8 Å². The highest BCUT2D eigenvalue weighted by atomic mass is 16.2. The van der Waals surface area contributed by atoms with Gasteiger partial charge in [-0.15, -0.1) is 0 Å². The molecule has 1 atom stereocenters. The molecule has 0 fully saturated rings.